The van der Waals surface area contributed by atoms with Crippen molar-refractivity contribution < 1.29 is 9.59 Å². The highest BCUT2D eigenvalue weighted by atomic mass is 16.2. The second kappa shape index (κ2) is 8.85. The van der Waals surface area contributed by atoms with Gasteiger partial charge in [-0.05, 0) is 37.9 Å². The van der Waals surface area contributed by atoms with Gasteiger partial charge in [-0.2, -0.15) is 0 Å². The van der Waals surface area contributed by atoms with Crippen molar-refractivity contribution in [3.63, 3.8) is 0 Å². The Bertz CT molecular complexity index is 572. The first kappa shape index (κ1) is 17.7. The first-order chi connectivity index (χ1) is 12.2. The predicted octanol–water partition coefficient (Wildman–Crippen LogP) is 1.22. The molecule has 0 saturated carbocycles. The first-order valence-electron chi connectivity index (χ1n) is 9.30. The Labute approximate surface area is 149 Å². The molecule has 0 aliphatic carbocycles. The first-order valence-corrected chi connectivity index (χ1v) is 9.30. The molecule has 3 amide bonds. The van der Waals surface area contributed by atoms with Crippen molar-refractivity contribution >= 4 is 11.9 Å². The molecule has 2 saturated heterocycles. The molecule has 2 heterocycles. The SMILES string of the molecule is O=C(Cc1ccccc1)NCCNC(=O)N1CC[C@@H](N2CCCC2)C1. The number of amides is 3. The van der Waals surface area contributed by atoms with Crippen LogP contribution in [0.5, 0.6) is 0 Å². The van der Waals surface area contributed by atoms with E-state index in [1.807, 2.05) is 35.2 Å². The van der Waals surface area contributed by atoms with Crippen LogP contribution in [-0.4, -0.2) is 67.0 Å². The quantitative estimate of drug-likeness (QED) is 0.763. The van der Waals surface area contributed by atoms with Gasteiger partial charge >= 0.3 is 6.03 Å². The number of rotatable bonds is 6. The van der Waals surface area contributed by atoms with E-state index in [1.54, 1.807) is 0 Å². The zero-order valence-corrected chi connectivity index (χ0v) is 14.7. The Hall–Kier alpha value is -2.08. The van der Waals surface area contributed by atoms with Crippen LogP contribution in [0.15, 0.2) is 30.3 Å². The van der Waals surface area contributed by atoms with Crippen LogP contribution in [-0.2, 0) is 11.2 Å². The summed E-state index contributed by atoms with van der Waals surface area (Å²) in [5.74, 6) is -0.0179. The van der Waals surface area contributed by atoms with Crippen LogP contribution in [0.1, 0.15) is 24.8 Å². The van der Waals surface area contributed by atoms with E-state index in [0.29, 0.717) is 25.6 Å². The molecular weight excluding hydrogens is 316 g/mol. The lowest BCUT2D eigenvalue weighted by atomic mass is 10.1. The fourth-order valence-electron chi connectivity index (χ4n) is 3.66. The van der Waals surface area contributed by atoms with Crippen LogP contribution < -0.4 is 10.6 Å². The van der Waals surface area contributed by atoms with E-state index in [4.69, 9.17) is 0 Å². The average molecular weight is 344 g/mol. The van der Waals surface area contributed by atoms with Crippen molar-refractivity contribution in [2.45, 2.75) is 31.7 Å². The van der Waals surface area contributed by atoms with Crippen molar-refractivity contribution in [3.05, 3.63) is 35.9 Å². The summed E-state index contributed by atoms with van der Waals surface area (Å²) in [5, 5.41) is 5.76. The minimum atomic E-state index is -0.0179. The molecule has 2 fully saturated rings. The highest BCUT2D eigenvalue weighted by molar-refractivity contribution is 5.78. The fraction of sp³-hybridized carbons (Fsp3) is 0.579. The zero-order valence-electron chi connectivity index (χ0n) is 14.7. The van der Waals surface area contributed by atoms with E-state index in [9.17, 15) is 9.59 Å². The second-order valence-electron chi connectivity index (χ2n) is 6.88. The fourth-order valence-corrected chi connectivity index (χ4v) is 3.66. The summed E-state index contributed by atoms with van der Waals surface area (Å²) in [4.78, 5) is 28.5. The Morgan fingerprint density at radius 1 is 1.00 bits per heavy atom. The Balaban J connectivity index is 1.30. The van der Waals surface area contributed by atoms with E-state index >= 15 is 0 Å². The summed E-state index contributed by atoms with van der Waals surface area (Å²) >= 11 is 0. The topological polar surface area (TPSA) is 64.7 Å². The molecule has 6 nitrogen and oxygen atoms in total. The van der Waals surface area contributed by atoms with E-state index in [2.05, 4.69) is 15.5 Å². The molecule has 0 bridgehead atoms. The molecule has 0 unspecified atom stereocenters. The third-order valence-electron chi connectivity index (χ3n) is 5.04. The number of nitrogens with one attached hydrogen (secondary N) is 2. The molecule has 2 N–H and O–H groups in total. The molecule has 0 aromatic heterocycles. The van der Waals surface area contributed by atoms with Gasteiger partial charge in [0.05, 0.1) is 6.42 Å². The number of carbonyl (C=O) groups excluding carboxylic acids is 2. The van der Waals surface area contributed by atoms with Crippen LogP contribution in [0.2, 0.25) is 0 Å². The average Bonchev–Trinajstić information content (AvgIpc) is 3.30. The van der Waals surface area contributed by atoms with Crippen LogP contribution in [0.25, 0.3) is 0 Å². The maximum atomic E-state index is 12.2. The van der Waals surface area contributed by atoms with Gasteiger partial charge in [0, 0.05) is 32.2 Å². The van der Waals surface area contributed by atoms with Crippen molar-refractivity contribution in [2.24, 2.45) is 0 Å². The number of likely N-dealkylation sites (tertiary alicyclic amines) is 2. The molecule has 25 heavy (non-hydrogen) atoms. The predicted molar refractivity (Wildman–Crippen MR) is 97.3 cm³/mol. The summed E-state index contributed by atoms with van der Waals surface area (Å²) in [6.07, 6.45) is 4.01. The molecule has 0 radical (unpaired) electrons. The van der Waals surface area contributed by atoms with Gasteiger partial charge < -0.3 is 15.5 Å². The third kappa shape index (κ3) is 5.19. The monoisotopic (exact) mass is 344 g/mol. The van der Waals surface area contributed by atoms with Crippen molar-refractivity contribution in [3.8, 4) is 0 Å². The van der Waals surface area contributed by atoms with Gasteiger partial charge in [0.25, 0.3) is 0 Å². The number of carbonyl (C=O) groups is 2. The van der Waals surface area contributed by atoms with Gasteiger partial charge in [-0.3, -0.25) is 9.69 Å². The maximum absolute atomic E-state index is 12.2. The Morgan fingerprint density at radius 3 is 2.48 bits per heavy atom. The molecule has 1 aromatic carbocycles. The summed E-state index contributed by atoms with van der Waals surface area (Å²) in [7, 11) is 0. The number of hydrogen-bond donors (Lipinski definition) is 2. The molecule has 3 rings (SSSR count). The second-order valence-corrected chi connectivity index (χ2v) is 6.88. The lowest BCUT2D eigenvalue weighted by Gasteiger charge is -2.23. The number of benzene rings is 1. The molecule has 0 spiro atoms. The summed E-state index contributed by atoms with van der Waals surface area (Å²) < 4.78 is 0. The van der Waals surface area contributed by atoms with Crippen LogP contribution in [0.4, 0.5) is 4.79 Å². The molecule has 1 atom stereocenters. The molecule has 6 heteroatoms. The summed E-state index contributed by atoms with van der Waals surface area (Å²) in [5.41, 5.74) is 0.994. The number of hydrogen-bond acceptors (Lipinski definition) is 3. The molecular formula is C19H28N4O2. The van der Waals surface area contributed by atoms with Gasteiger partial charge in [0.1, 0.15) is 0 Å². The lowest BCUT2D eigenvalue weighted by molar-refractivity contribution is -0.120. The van der Waals surface area contributed by atoms with E-state index in [1.165, 1.54) is 25.9 Å². The maximum Gasteiger partial charge on any atom is 0.317 e. The van der Waals surface area contributed by atoms with Gasteiger partial charge in [-0.1, -0.05) is 30.3 Å². The normalized spacial score (nSPS) is 20.6. The number of nitrogens with zero attached hydrogens (tertiary/aromatic N) is 2. The van der Waals surface area contributed by atoms with Gasteiger partial charge in [-0.15, -0.1) is 0 Å². The zero-order chi connectivity index (χ0) is 17.5. The van der Waals surface area contributed by atoms with E-state index in [-0.39, 0.29) is 11.9 Å². The standard InChI is InChI=1S/C19H28N4O2/c24-18(14-16-6-2-1-3-7-16)20-9-10-21-19(25)23-13-8-17(15-23)22-11-4-5-12-22/h1-3,6-7,17H,4-5,8-15H2,(H,20,24)(H,21,25)/t17-/m1/s1. The minimum absolute atomic E-state index is 0.0148. The summed E-state index contributed by atoms with van der Waals surface area (Å²) in [6, 6.07) is 10.2. The van der Waals surface area contributed by atoms with Crippen molar-refractivity contribution in [2.75, 3.05) is 39.3 Å². The van der Waals surface area contributed by atoms with Gasteiger partial charge in [0.15, 0.2) is 0 Å². The van der Waals surface area contributed by atoms with Gasteiger partial charge in [0.2, 0.25) is 5.91 Å². The summed E-state index contributed by atoms with van der Waals surface area (Å²) in [6.45, 7) is 4.92. The van der Waals surface area contributed by atoms with Crippen molar-refractivity contribution in [1.29, 1.82) is 0 Å². The van der Waals surface area contributed by atoms with E-state index in [0.717, 1.165) is 25.1 Å². The van der Waals surface area contributed by atoms with Crippen molar-refractivity contribution in [1.82, 2.24) is 20.4 Å². The smallest absolute Gasteiger partial charge is 0.317 e. The van der Waals surface area contributed by atoms with Crippen LogP contribution >= 0.6 is 0 Å². The number of urea groups is 1. The van der Waals surface area contributed by atoms with Gasteiger partial charge in [-0.25, -0.2) is 4.79 Å². The highest BCUT2D eigenvalue weighted by Crippen LogP contribution is 2.20. The Morgan fingerprint density at radius 2 is 1.72 bits per heavy atom. The molecule has 136 valence electrons. The minimum Gasteiger partial charge on any atom is -0.354 e. The molecule has 1 aromatic rings. The Kier molecular flexibility index (Phi) is 6.28. The molecule has 2 aliphatic rings. The van der Waals surface area contributed by atoms with Crippen LogP contribution in [0, 0.1) is 0 Å². The third-order valence-corrected chi connectivity index (χ3v) is 5.04. The molecule has 2 aliphatic heterocycles. The lowest BCUT2D eigenvalue weighted by Crippen LogP contribution is -2.44. The largest absolute Gasteiger partial charge is 0.354 e. The highest BCUT2D eigenvalue weighted by Gasteiger charge is 2.31. The van der Waals surface area contributed by atoms with E-state index < -0.39 is 0 Å². The van der Waals surface area contributed by atoms with Crippen LogP contribution in [0.3, 0.4) is 0 Å².